The van der Waals surface area contributed by atoms with Gasteiger partial charge in [-0.2, -0.15) is 0 Å². The lowest BCUT2D eigenvalue weighted by molar-refractivity contribution is -0.124. The van der Waals surface area contributed by atoms with Crippen LogP contribution in [0, 0.1) is 5.41 Å². The number of hydrogen-bond acceptors (Lipinski definition) is 4. The van der Waals surface area contributed by atoms with Crippen molar-refractivity contribution in [2.45, 2.75) is 38.0 Å². The molecule has 0 spiro atoms. The number of benzene rings is 2. The van der Waals surface area contributed by atoms with E-state index in [4.69, 9.17) is 49.5 Å². The molecule has 2 aliphatic rings. The molecule has 31 heavy (non-hydrogen) atoms. The van der Waals surface area contributed by atoms with Crippen LogP contribution in [0.1, 0.15) is 44.0 Å². The number of rotatable bonds is 3. The Morgan fingerprint density at radius 2 is 1.77 bits per heavy atom. The zero-order chi connectivity index (χ0) is 22.1. The normalized spacial score (nSPS) is 23.1. The summed E-state index contributed by atoms with van der Waals surface area (Å²) >= 11 is 18.6. The molecule has 1 heterocycles. The minimum Gasteiger partial charge on any atom is -0.495 e. The molecule has 2 aliphatic carbocycles. The largest absolute Gasteiger partial charge is 0.495 e. The van der Waals surface area contributed by atoms with Gasteiger partial charge in [0.15, 0.2) is 0 Å². The van der Waals surface area contributed by atoms with E-state index in [9.17, 15) is 4.79 Å². The highest BCUT2D eigenvalue weighted by Crippen LogP contribution is 2.67. The fraction of sp³-hybridized carbons (Fsp3) is 0.348. The summed E-state index contributed by atoms with van der Waals surface area (Å²) in [6.45, 7) is 4.24. The van der Waals surface area contributed by atoms with Gasteiger partial charge in [-0.15, -0.1) is 0 Å². The average Bonchev–Trinajstić information content (AvgIpc) is 3.09. The lowest BCUT2D eigenvalue weighted by Crippen LogP contribution is -2.46. The first-order valence-corrected chi connectivity index (χ1v) is 11.1. The van der Waals surface area contributed by atoms with E-state index in [0.717, 1.165) is 17.8 Å². The van der Waals surface area contributed by atoms with Gasteiger partial charge in [0.2, 0.25) is 5.91 Å². The van der Waals surface area contributed by atoms with Crippen LogP contribution in [0.5, 0.6) is 5.75 Å². The number of nitrogens with zero attached hydrogens (tertiary/aromatic N) is 2. The van der Waals surface area contributed by atoms with Crippen LogP contribution in [0.4, 0.5) is 5.69 Å². The van der Waals surface area contributed by atoms with Gasteiger partial charge in [-0.3, -0.25) is 4.79 Å². The van der Waals surface area contributed by atoms with E-state index in [1.54, 1.807) is 37.4 Å². The molecule has 2 bridgehead atoms. The summed E-state index contributed by atoms with van der Waals surface area (Å²) < 4.78 is 5.42. The summed E-state index contributed by atoms with van der Waals surface area (Å²) in [5.41, 5.74) is 2.25. The topological polar surface area (TPSA) is 64.1 Å². The van der Waals surface area contributed by atoms with E-state index in [-0.39, 0.29) is 17.2 Å². The lowest BCUT2D eigenvalue weighted by Gasteiger charge is -2.36. The standard InChI is InChI=1S/C23H20Cl3N3O2/c1-22(2)12-6-7-23(22,21(30)29-17-8-11(24)4-5-18(17)31-3)20-19(12)27-15-9-13(25)14(26)10-16(15)28-20/h4-5,8-10,12H,6-7H2,1-3H3,(H,29,30). The van der Waals surface area contributed by atoms with E-state index in [1.165, 1.54) is 0 Å². The van der Waals surface area contributed by atoms with Crippen molar-refractivity contribution in [1.29, 1.82) is 0 Å². The highest BCUT2D eigenvalue weighted by atomic mass is 35.5. The summed E-state index contributed by atoms with van der Waals surface area (Å²) in [5, 5.41) is 4.43. The number of ether oxygens (including phenoxy) is 1. The number of anilines is 1. The van der Waals surface area contributed by atoms with Gasteiger partial charge < -0.3 is 10.1 Å². The monoisotopic (exact) mass is 475 g/mol. The van der Waals surface area contributed by atoms with Crippen LogP contribution in [-0.2, 0) is 10.2 Å². The third-order valence-electron chi connectivity index (χ3n) is 7.04. The van der Waals surface area contributed by atoms with Crippen molar-refractivity contribution < 1.29 is 9.53 Å². The number of aromatic nitrogens is 2. The van der Waals surface area contributed by atoms with Gasteiger partial charge in [-0.1, -0.05) is 48.7 Å². The number of carbonyl (C=O) groups is 1. The molecule has 2 unspecified atom stereocenters. The second kappa shape index (κ2) is 6.96. The van der Waals surface area contributed by atoms with Gasteiger partial charge in [0.05, 0.1) is 50.7 Å². The minimum atomic E-state index is -0.826. The number of hydrogen-bond donors (Lipinski definition) is 1. The van der Waals surface area contributed by atoms with Crippen molar-refractivity contribution in [3.63, 3.8) is 0 Å². The molecule has 5 rings (SSSR count). The third kappa shape index (κ3) is 2.80. The molecule has 1 aromatic heterocycles. The molecule has 2 atom stereocenters. The van der Waals surface area contributed by atoms with Crippen molar-refractivity contribution in [1.82, 2.24) is 9.97 Å². The van der Waals surface area contributed by atoms with Crippen molar-refractivity contribution in [2.75, 3.05) is 12.4 Å². The van der Waals surface area contributed by atoms with Gasteiger partial charge >= 0.3 is 0 Å². The van der Waals surface area contributed by atoms with Gasteiger partial charge in [-0.25, -0.2) is 9.97 Å². The Hall–Kier alpha value is -2.08. The maximum Gasteiger partial charge on any atom is 0.237 e. The summed E-state index contributed by atoms with van der Waals surface area (Å²) in [6, 6.07) is 8.59. The maximum atomic E-state index is 13.9. The Labute approximate surface area is 195 Å². The van der Waals surface area contributed by atoms with E-state index in [1.807, 2.05) is 0 Å². The molecule has 5 nitrogen and oxygen atoms in total. The van der Waals surface area contributed by atoms with E-state index >= 15 is 0 Å². The zero-order valence-electron chi connectivity index (χ0n) is 17.2. The first kappa shape index (κ1) is 20.8. The van der Waals surface area contributed by atoms with Crippen molar-refractivity contribution in [3.05, 3.63) is 56.8 Å². The Bertz CT molecular complexity index is 1260. The second-order valence-electron chi connectivity index (χ2n) is 8.73. The van der Waals surface area contributed by atoms with E-state index in [0.29, 0.717) is 44.0 Å². The molecule has 1 fully saturated rings. The number of halogens is 3. The molecular weight excluding hydrogens is 457 g/mol. The number of fused-ring (bicyclic) bond motifs is 6. The molecule has 0 radical (unpaired) electrons. The van der Waals surface area contributed by atoms with Crippen LogP contribution in [0.3, 0.4) is 0 Å². The van der Waals surface area contributed by atoms with E-state index in [2.05, 4.69) is 19.2 Å². The fourth-order valence-corrected chi connectivity index (χ4v) is 5.87. The predicted molar refractivity (Wildman–Crippen MR) is 124 cm³/mol. The summed E-state index contributed by atoms with van der Waals surface area (Å²) in [6.07, 6.45) is 1.55. The van der Waals surface area contributed by atoms with Crippen molar-refractivity contribution in [2.24, 2.45) is 5.41 Å². The van der Waals surface area contributed by atoms with Gasteiger partial charge in [0.25, 0.3) is 0 Å². The molecule has 8 heteroatoms. The van der Waals surface area contributed by atoms with Crippen LogP contribution < -0.4 is 10.1 Å². The Morgan fingerprint density at radius 1 is 1.10 bits per heavy atom. The number of methoxy groups -OCH3 is 1. The highest BCUT2D eigenvalue weighted by Gasteiger charge is 2.67. The first-order chi connectivity index (χ1) is 14.7. The summed E-state index contributed by atoms with van der Waals surface area (Å²) in [5.74, 6) is 0.541. The SMILES string of the molecule is COc1ccc(Cl)cc1NC(=O)C12CCC(c3nc4cc(Cl)c(Cl)cc4nc31)C2(C)C. The second-order valence-corrected chi connectivity index (χ2v) is 9.98. The first-order valence-electron chi connectivity index (χ1n) is 10.0. The summed E-state index contributed by atoms with van der Waals surface area (Å²) in [4.78, 5) is 23.7. The highest BCUT2D eigenvalue weighted by molar-refractivity contribution is 6.42. The molecule has 3 aromatic rings. The molecule has 1 amide bonds. The van der Waals surface area contributed by atoms with Gasteiger partial charge in [0.1, 0.15) is 5.75 Å². The van der Waals surface area contributed by atoms with Crippen molar-refractivity contribution >= 4 is 57.4 Å². The quantitative estimate of drug-likeness (QED) is 0.475. The number of amides is 1. The zero-order valence-corrected chi connectivity index (χ0v) is 19.5. The van der Waals surface area contributed by atoms with Gasteiger partial charge in [-0.05, 0) is 48.6 Å². The van der Waals surface area contributed by atoms with Crippen molar-refractivity contribution in [3.8, 4) is 5.75 Å². The maximum absolute atomic E-state index is 13.9. The minimum absolute atomic E-state index is 0.126. The fourth-order valence-electron chi connectivity index (χ4n) is 5.39. The van der Waals surface area contributed by atoms with E-state index < -0.39 is 5.41 Å². The smallest absolute Gasteiger partial charge is 0.237 e. The molecule has 0 saturated heterocycles. The molecule has 0 aliphatic heterocycles. The van der Waals surface area contributed by atoms with Gasteiger partial charge in [0, 0.05) is 10.9 Å². The third-order valence-corrected chi connectivity index (χ3v) is 8.00. The molecule has 1 saturated carbocycles. The predicted octanol–water partition coefficient (Wildman–Crippen LogP) is 6.39. The van der Waals surface area contributed by atoms with Crippen LogP contribution in [0.25, 0.3) is 11.0 Å². The molecule has 2 aromatic carbocycles. The van der Waals surface area contributed by atoms with Crippen LogP contribution in [0.15, 0.2) is 30.3 Å². The number of carbonyl (C=O) groups excluding carboxylic acids is 1. The Kier molecular flexibility index (Phi) is 4.67. The Balaban J connectivity index is 1.67. The molecule has 1 N–H and O–H groups in total. The lowest BCUT2D eigenvalue weighted by atomic mass is 9.67. The average molecular weight is 477 g/mol. The van der Waals surface area contributed by atoms with Crippen LogP contribution in [0.2, 0.25) is 15.1 Å². The summed E-state index contributed by atoms with van der Waals surface area (Å²) in [7, 11) is 1.56. The Morgan fingerprint density at radius 3 is 2.45 bits per heavy atom. The molecule has 160 valence electrons. The molecular formula is C23H20Cl3N3O2. The van der Waals surface area contributed by atoms with Crippen LogP contribution in [-0.4, -0.2) is 23.0 Å². The number of nitrogens with one attached hydrogen (secondary N) is 1. The van der Waals surface area contributed by atoms with Crippen LogP contribution >= 0.6 is 34.8 Å².